The minimum Gasteiger partial charge on any atom is -0.299 e. The SMILES string of the molecule is O=S(=O)(CCN1CCCC1Cc1ccccc1Cl)c1ccccc1. The molecular weight excluding hydrogens is 342 g/mol. The van der Waals surface area contributed by atoms with Gasteiger partial charge in [0.2, 0.25) is 0 Å². The van der Waals surface area contributed by atoms with Gasteiger partial charge in [-0.1, -0.05) is 48.0 Å². The Morgan fingerprint density at radius 2 is 1.75 bits per heavy atom. The molecule has 3 rings (SSSR count). The standard InChI is InChI=1S/C19H22ClNO2S/c20-19-11-5-4-7-16(19)15-17-8-6-12-21(17)13-14-24(22,23)18-9-2-1-3-10-18/h1-5,7,9-11,17H,6,8,12-15H2. The number of benzene rings is 2. The Hall–Kier alpha value is -1.36. The van der Waals surface area contributed by atoms with Gasteiger partial charge in [-0.3, -0.25) is 4.90 Å². The third-order valence-electron chi connectivity index (χ3n) is 4.66. The van der Waals surface area contributed by atoms with Crippen molar-refractivity contribution < 1.29 is 8.42 Å². The van der Waals surface area contributed by atoms with E-state index in [4.69, 9.17) is 11.6 Å². The second kappa shape index (κ2) is 7.68. The van der Waals surface area contributed by atoms with E-state index >= 15 is 0 Å². The van der Waals surface area contributed by atoms with Crippen molar-refractivity contribution in [3.63, 3.8) is 0 Å². The molecule has 2 aromatic rings. The summed E-state index contributed by atoms with van der Waals surface area (Å²) in [6.07, 6.45) is 3.09. The Kier molecular flexibility index (Phi) is 5.59. The molecule has 0 radical (unpaired) electrons. The zero-order chi connectivity index (χ0) is 17.0. The maximum Gasteiger partial charge on any atom is 0.179 e. The Balaban J connectivity index is 1.63. The first-order valence-electron chi connectivity index (χ1n) is 8.31. The minimum absolute atomic E-state index is 0.163. The molecule has 24 heavy (non-hydrogen) atoms. The largest absolute Gasteiger partial charge is 0.299 e. The van der Waals surface area contributed by atoms with Gasteiger partial charge in [0.15, 0.2) is 9.84 Å². The van der Waals surface area contributed by atoms with Crippen molar-refractivity contribution in [2.24, 2.45) is 0 Å². The number of halogens is 1. The summed E-state index contributed by atoms with van der Waals surface area (Å²) < 4.78 is 24.9. The van der Waals surface area contributed by atoms with Gasteiger partial charge in [-0.15, -0.1) is 0 Å². The molecule has 1 fully saturated rings. The van der Waals surface area contributed by atoms with Crippen LogP contribution in [0.15, 0.2) is 59.5 Å². The van der Waals surface area contributed by atoms with Crippen molar-refractivity contribution in [2.75, 3.05) is 18.8 Å². The lowest BCUT2D eigenvalue weighted by atomic mass is 10.0. The van der Waals surface area contributed by atoms with Crippen LogP contribution in [0.1, 0.15) is 18.4 Å². The lowest BCUT2D eigenvalue weighted by Gasteiger charge is -2.24. The normalized spacial score (nSPS) is 18.8. The van der Waals surface area contributed by atoms with Crippen LogP contribution in [0.4, 0.5) is 0 Å². The van der Waals surface area contributed by atoms with Gasteiger partial charge in [0.25, 0.3) is 0 Å². The van der Waals surface area contributed by atoms with E-state index in [1.807, 2.05) is 24.3 Å². The van der Waals surface area contributed by atoms with Crippen molar-refractivity contribution in [1.29, 1.82) is 0 Å². The van der Waals surface area contributed by atoms with Crippen molar-refractivity contribution in [3.05, 3.63) is 65.2 Å². The zero-order valence-corrected chi connectivity index (χ0v) is 15.1. The van der Waals surface area contributed by atoms with Crippen LogP contribution in [0.25, 0.3) is 0 Å². The smallest absolute Gasteiger partial charge is 0.179 e. The molecule has 5 heteroatoms. The van der Waals surface area contributed by atoms with E-state index in [1.54, 1.807) is 24.3 Å². The summed E-state index contributed by atoms with van der Waals surface area (Å²) >= 11 is 6.27. The van der Waals surface area contributed by atoms with Gasteiger partial charge in [-0.05, 0) is 49.6 Å². The van der Waals surface area contributed by atoms with Crippen LogP contribution in [0.3, 0.4) is 0 Å². The number of nitrogens with zero attached hydrogens (tertiary/aromatic N) is 1. The van der Waals surface area contributed by atoms with E-state index in [0.29, 0.717) is 17.5 Å². The first-order chi connectivity index (χ1) is 11.6. The first kappa shape index (κ1) is 17.5. The van der Waals surface area contributed by atoms with Crippen LogP contribution in [-0.4, -0.2) is 38.2 Å². The molecule has 0 spiro atoms. The van der Waals surface area contributed by atoms with E-state index in [0.717, 1.165) is 36.4 Å². The molecule has 1 aliphatic rings. The molecular formula is C19H22ClNO2S. The Morgan fingerprint density at radius 1 is 1.04 bits per heavy atom. The van der Waals surface area contributed by atoms with Crippen LogP contribution in [0.5, 0.6) is 0 Å². The Labute approximate surface area is 149 Å². The van der Waals surface area contributed by atoms with Crippen LogP contribution < -0.4 is 0 Å². The van der Waals surface area contributed by atoms with Crippen molar-refractivity contribution in [3.8, 4) is 0 Å². The van der Waals surface area contributed by atoms with E-state index in [9.17, 15) is 8.42 Å². The lowest BCUT2D eigenvalue weighted by molar-refractivity contribution is 0.267. The topological polar surface area (TPSA) is 37.4 Å². The van der Waals surface area contributed by atoms with Gasteiger partial charge in [-0.2, -0.15) is 0 Å². The third-order valence-corrected chi connectivity index (χ3v) is 6.74. The fraction of sp³-hybridized carbons (Fsp3) is 0.368. The van der Waals surface area contributed by atoms with Crippen LogP contribution >= 0.6 is 11.6 Å². The van der Waals surface area contributed by atoms with Gasteiger partial charge in [0.05, 0.1) is 10.6 Å². The fourth-order valence-corrected chi connectivity index (χ4v) is 4.82. The summed E-state index contributed by atoms with van der Waals surface area (Å²) in [7, 11) is -3.22. The number of hydrogen-bond acceptors (Lipinski definition) is 3. The highest BCUT2D eigenvalue weighted by Crippen LogP contribution is 2.25. The molecule has 1 heterocycles. The summed E-state index contributed by atoms with van der Waals surface area (Å²) in [6.45, 7) is 1.53. The van der Waals surface area contributed by atoms with E-state index in [-0.39, 0.29) is 5.75 Å². The highest BCUT2D eigenvalue weighted by Gasteiger charge is 2.26. The maximum absolute atomic E-state index is 12.5. The molecule has 1 unspecified atom stereocenters. The van der Waals surface area contributed by atoms with Crippen LogP contribution in [-0.2, 0) is 16.3 Å². The fourth-order valence-electron chi connectivity index (χ4n) is 3.32. The number of hydrogen-bond donors (Lipinski definition) is 0. The molecule has 0 saturated carbocycles. The van der Waals surface area contributed by atoms with Crippen LogP contribution in [0, 0.1) is 0 Å². The molecule has 2 aromatic carbocycles. The highest BCUT2D eigenvalue weighted by molar-refractivity contribution is 7.91. The molecule has 128 valence electrons. The predicted molar refractivity (Wildman–Crippen MR) is 98.2 cm³/mol. The predicted octanol–water partition coefficient (Wildman–Crippen LogP) is 3.82. The third kappa shape index (κ3) is 4.18. The average Bonchev–Trinajstić information content (AvgIpc) is 3.03. The summed E-state index contributed by atoms with van der Waals surface area (Å²) in [4.78, 5) is 2.70. The van der Waals surface area contributed by atoms with Gasteiger partial charge < -0.3 is 0 Å². The second-order valence-electron chi connectivity index (χ2n) is 6.26. The summed E-state index contributed by atoms with van der Waals surface area (Å²) in [5, 5.41) is 0.793. The monoisotopic (exact) mass is 363 g/mol. The molecule has 0 amide bonds. The second-order valence-corrected chi connectivity index (χ2v) is 8.78. The summed E-state index contributed by atoms with van der Waals surface area (Å²) in [5.41, 5.74) is 1.14. The molecule has 0 aliphatic carbocycles. The van der Waals surface area contributed by atoms with Gasteiger partial charge in [-0.25, -0.2) is 8.42 Å². The molecule has 1 aliphatic heterocycles. The average molecular weight is 364 g/mol. The first-order valence-corrected chi connectivity index (χ1v) is 10.3. The molecule has 1 saturated heterocycles. The number of rotatable bonds is 6. The minimum atomic E-state index is -3.22. The van der Waals surface area contributed by atoms with E-state index in [2.05, 4.69) is 11.0 Å². The molecule has 0 aromatic heterocycles. The summed E-state index contributed by atoms with van der Waals surface area (Å²) in [6, 6.07) is 17.0. The lowest BCUT2D eigenvalue weighted by Crippen LogP contribution is -2.35. The molecule has 0 bridgehead atoms. The van der Waals surface area contributed by atoms with Gasteiger partial charge >= 0.3 is 0 Å². The Bertz CT molecular complexity index is 777. The van der Waals surface area contributed by atoms with Crippen LogP contribution in [0.2, 0.25) is 5.02 Å². The van der Waals surface area contributed by atoms with Crippen molar-refractivity contribution >= 4 is 21.4 Å². The Morgan fingerprint density at radius 3 is 2.50 bits per heavy atom. The number of sulfone groups is 1. The maximum atomic E-state index is 12.5. The zero-order valence-electron chi connectivity index (χ0n) is 13.6. The highest BCUT2D eigenvalue weighted by atomic mass is 35.5. The van der Waals surface area contributed by atoms with Crippen molar-refractivity contribution in [1.82, 2.24) is 4.90 Å². The van der Waals surface area contributed by atoms with E-state index < -0.39 is 9.84 Å². The summed E-state index contributed by atoms with van der Waals surface area (Å²) in [5.74, 6) is 0.163. The molecule has 1 atom stereocenters. The van der Waals surface area contributed by atoms with E-state index in [1.165, 1.54) is 0 Å². The quantitative estimate of drug-likeness (QED) is 0.782. The molecule has 0 N–H and O–H groups in total. The number of likely N-dealkylation sites (tertiary alicyclic amines) is 1. The molecule has 3 nitrogen and oxygen atoms in total. The van der Waals surface area contributed by atoms with Crippen molar-refractivity contribution in [2.45, 2.75) is 30.2 Å². The van der Waals surface area contributed by atoms with Gasteiger partial charge in [0.1, 0.15) is 0 Å². The van der Waals surface area contributed by atoms with Gasteiger partial charge in [0, 0.05) is 17.6 Å².